The van der Waals surface area contributed by atoms with Gasteiger partial charge in [-0.25, -0.2) is 10.6 Å². The molecule has 16 heavy (non-hydrogen) atoms. The van der Waals surface area contributed by atoms with Gasteiger partial charge in [0, 0.05) is 5.69 Å². The fourth-order valence-electron chi connectivity index (χ4n) is 0.892. The lowest BCUT2D eigenvalue weighted by Crippen LogP contribution is -2.31. The summed E-state index contributed by atoms with van der Waals surface area (Å²) in [5.74, 6) is 3.86. The van der Waals surface area contributed by atoms with Crippen LogP contribution in [0.2, 0.25) is 0 Å². The number of carbonyl (C=O) groups is 1. The maximum absolute atomic E-state index is 10.6. The van der Waals surface area contributed by atoms with Gasteiger partial charge < -0.3 is 15.6 Å². The number of hydrazine groups is 1. The van der Waals surface area contributed by atoms with Gasteiger partial charge in [-0.15, -0.1) is 0 Å². The van der Waals surface area contributed by atoms with Crippen molar-refractivity contribution in [3.8, 4) is 5.75 Å². The molecule has 0 saturated heterocycles. The normalized spacial score (nSPS) is 11.6. The number of rotatable bonds is 4. The van der Waals surface area contributed by atoms with Crippen molar-refractivity contribution in [3.63, 3.8) is 0 Å². The van der Waals surface area contributed by atoms with Gasteiger partial charge in [0.05, 0.1) is 6.20 Å². The molecule has 0 aromatic carbocycles. The fraction of sp³-hybridized carbons (Fsp3) is 0.111. The van der Waals surface area contributed by atoms with Gasteiger partial charge in [-0.3, -0.25) is 10.4 Å². The second kappa shape index (κ2) is 4.99. The van der Waals surface area contributed by atoms with Gasteiger partial charge in [-0.1, -0.05) is 0 Å². The number of pyridine rings is 1. The summed E-state index contributed by atoms with van der Waals surface area (Å²) in [6.45, 7) is 1.81. The van der Waals surface area contributed by atoms with Gasteiger partial charge in [-0.05, 0) is 19.1 Å². The molecule has 0 bridgehead atoms. The van der Waals surface area contributed by atoms with E-state index in [9.17, 15) is 4.79 Å². The van der Waals surface area contributed by atoms with Crippen LogP contribution in [0.1, 0.15) is 5.69 Å². The second-order valence-corrected chi connectivity index (χ2v) is 2.93. The molecule has 7 heteroatoms. The number of aryl methyl sites for hydroxylation is 1. The van der Waals surface area contributed by atoms with E-state index in [4.69, 9.17) is 21.4 Å². The third-order valence-electron chi connectivity index (χ3n) is 1.71. The Morgan fingerprint density at radius 3 is 2.69 bits per heavy atom. The summed E-state index contributed by atoms with van der Waals surface area (Å²) < 4.78 is 5.12. The van der Waals surface area contributed by atoms with Crippen molar-refractivity contribution >= 4 is 5.97 Å². The summed E-state index contributed by atoms with van der Waals surface area (Å²) in [5.41, 5.74) is 7.61. The van der Waals surface area contributed by atoms with Crippen LogP contribution in [0.5, 0.6) is 5.75 Å². The number of hydrogen-bond acceptors (Lipinski definition) is 6. The summed E-state index contributed by atoms with van der Waals surface area (Å²) >= 11 is 0. The topological polar surface area (TPSA) is 123 Å². The maximum Gasteiger partial charge on any atom is 0.357 e. The molecule has 0 radical (unpaired) electrons. The molecule has 0 unspecified atom stereocenters. The van der Waals surface area contributed by atoms with E-state index >= 15 is 0 Å². The minimum absolute atomic E-state index is 0.238. The Hall–Kier alpha value is -2.28. The number of ether oxygens (including phenoxy) is 1. The van der Waals surface area contributed by atoms with Crippen LogP contribution in [0.4, 0.5) is 0 Å². The van der Waals surface area contributed by atoms with Crippen LogP contribution in [0, 0.1) is 6.92 Å². The van der Waals surface area contributed by atoms with Gasteiger partial charge >= 0.3 is 5.97 Å². The Kier molecular flexibility index (Phi) is 3.67. The second-order valence-electron chi connectivity index (χ2n) is 2.93. The predicted octanol–water partition coefficient (Wildman–Crippen LogP) is -0.555. The lowest BCUT2D eigenvalue weighted by Gasteiger charge is -2.10. The van der Waals surface area contributed by atoms with Crippen LogP contribution in [-0.2, 0) is 4.79 Å². The fourth-order valence-corrected chi connectivity index (χ4v) is 0.892. The minimum Gasteiger partial charge on any atom is -0.476 e. The molecule has 0 spiro atoms. The smallest absolute Gasteiger partial charge is 0.357 e. The first-order chi connectivity index (χ1) is 7.54. The van der Waals surface area contributed by atoms with E-state index in [0.29, 0.717) is 5.75 Å². The van der Waals surface area contributed by atoms with E-state index in [0.717, 1.165) is 5.69 Å². The van der Waals surface area contributed by atoms with Gasteiger partial charge in [-0.2, -0.15) is 0 Å². The summed E-state index contributed by atoms with van der Waals surface area (Å²) in [6, 6.07) is 3.33. The lowest BCUT2D eigenvalue weighted by atomic mass is 10.4. The van der Waals surface area contributed by atoms with E-state index < -0.39 is 11.7 Å². The third kappa shape index (κ3) is 2.85. The first kappa shape index (κ1) is 11.8. The first-order valence-corrected chi connectivity index (χ1v) is 4.34. The Balaban J connectivity index is 2.90. The first-order valence-electron chi connectivity index (χ1n) is 4.34. The number of carboxylic acids is 1. The number of nitrogens with one attached hydrogen (secondary N) is 1. The Morgan fingerprint density at radius 1 is 1.56 bits per heavy atom. The molecule has 1 heterocycles. The summed E-state index contributed by atoms with van der Waals surface area (Å²) in [5, 5.41) is 8.63. The van der Waals surface area contributed by atoms with Gasteiger partial charge in [0.25, 0.3) is 0 Å². The molecule has 1 rings (SSSR count). The largest absolute Gasteiger partial charge is 0.476 e. The number of nitrogens with zero attached hydrogens (tertiary/aromatic N) is 1. The van der Waals surface area contributed by atoms with E-state index in [1.165, 1.54) is 6.20 Å². The molecular weight excluding hydrogens is 212 g/mol. The minimum atomic E-state index is -1.33. The number of aromatic nitrogens is 1. The van der Waals surface area contributed by atoms with Crippen LogP contribution in [0.15, 0.2) is 29.9 Å². The number of hydrogen-bond donors (Lipinski definition) is 4. The molecule has 1 aromatic rings. The number of aliphatic carboxylic acids is 1. The maximum atomic E-state index is 10.6. The standard InChI is InChI=1S/C9H12N4O3/c1-5-2-3-6(4-12-5)16-8(13-11)7(10)9(14)15/h2-4,13H,10-11H2,1H3,(H,14,15)/b8-7+. The quantitative estimate of drug-likeness (QED) is 0.234. The van der Waals surface area contributed by atoms with Crippen molar-refractivity contribution < 1.29 is 14.6 Å². The molecule has 0 aliphatic heterocycles. The van der Waals surface area contributed by atoms with Crippen LogP contribution in [0.25, 0.3) is 0 Å². The zero-order valence-electron chi connectivity index (χ0n) is 8.60. The van der Waals surface area contributed by atoms with Gasteiger partial charge in [0.15, 0.2) is 5.70 Å². The monoisotopic (exact) mass is 224 g/mol. The molecule has 0 atom stereocenters. The third-order valence-corrected chi connectivity index (χ3v) is 1.71. The average Bonchev–Trinajstić information content (AvgIpc) is 2.27. The van der Waals surface area contributed by atoms with Crippen LogP contribution in [-0.4, -0.2) is 16.1 Å². The van der Waals surface area contributed by atoms with E-state index in [1.807, 2.05) is 6.92 Å². The van der Waals surface area contributed by atoms with Crippen molar-refractivity contribution in [1.82, 2.24) is 10.4 Å². The van der Waals surface area contributed by atoms with Crippen molar-refractivity contribution in [2.24, 2.45) is 11.6 Å². The van der Waals surface area contributed by atoms with E-state index in [2.05, 4.69) is 10.4 Å². The molecule has 0 amide bonds. The summed E-state index contributed by atoms with van der Waals surface area (Å²) in [6.07, 6.45) is 1.43. The van der Waals surface area contributed by atoms with Crippen molar-refractivity contribution in [2.75, 3.05) is 0 Å². The van der Waals surface area contributed by atoms with Gasteiger partial charge in [0.2, 0.25) is 5.88 Å². The predicted molar refractivity (Wildman–Crippen MR) is 55.8 cm³/mol. The number of carboxylic acid groups (broad SMARTS) is 1. The Bertz CT molecular complexity index is 413. The SMILES string of the molecule is Cc1ccc(O/C(NN)=C(/N)C(=O)O)cn1. The molecule has 0 fully saturated rings. The highest BCUT2D eigenvalue weighted by Crippen LogP contribution is 2.12. The Morgan fingerprint density at radius 2 is 2.25 bits per heavy atom. The zero-order valence-corrected chi connectivity index (χ0v) is 8.60. The molecule has 0 aliphatic rings. The summed E-state index contributed by atoms with van der Waals surface area (Å²) in [7, 11) is 0. The molecule has 6 N–H and O–H groups in total. The highest BCUT2D eigenvalue weighted by Gasteiger charge is 2.11. The molecule has 7 nitrogen and oxygen atoms in total. The summed E-state index contributed by atoms with van der Waals surface area (Å²) in [4.78, 5) is 14.5. The Labute approximate surface area is 91.7 Å². The molecular formula is C9H12N4O3. The van der Waals surface area contributed by atoms with Crippen LogP contribution >= 0.6 is 0 Å². The molecule has 86 valence electrons. The average molecular weight is 224 g/mol. The van der Waals surface area contributed by atoms with Crippen molar-refractivity contribution in [1.29, 1.82) is 0 Å². The van der Waals surface area contributed by atoms with Crippen LogP contribution < -0.4 is 21.7 Å². The highest BCUT2D eigenvalue weighted by atomic mass is 16.5. The van der Waals surface area contributed by atoms with Crippen LogP contribution in [0.3, 0.4) is 0 Å². The van der Waals surface area contributed by atoms with E-state index in [-0.39, 0.29) is 5.88 Å². The zero-order chi connectivity index (χ0) is 12.1. The lowest BCUT2D eigenvalue weighted by molar-refractivity contribution is -0.132. The van der Waals surface area contributed by atoms with Crippen molar-refractivity contribution in [3.05, 3.63) is 35.6 Å². The molecule has 0 saturated carbocycles. The molecule has 0 aliphatic carbocycles. The van der Waals surface area contributed by atoms with Gasteiger partial charge in [0.1, 0.15) is 5.75 Å². The highest BCUT2D eigenvalue weighted by molar-refractivity contribution is 5.85. The molecule has 1 aromatic heterocycles. The van der Waals surface area contributed by atoms with Crippen molar-refractivity contribution in [2.45, 2.75) is 6.92 Å². The number of nitrogens with two attached hydrogens (primary N) is 2. The van der Waals surface area contributed by atoms with E-state index in [1.54, 1.807) is 12.1 Å².